The van der Waals surface area contributed by atoms with Crippen LogP contribution in [0.2, 0.25) is 0 Å². The summed E-state index contributed by atoms with van der Waals surface area (Å²) in [6.45, 7) is 5.06. The summed E-state index contributed by atoms with van der Waals surface area (Å²) in [5, 5.41) is 0. The zero-order valence-electron chi connectivity index (χ0n) is 13.5. The highest BCUT2D eigenvalue weighted by molar-refractivity contribution is 5.88. The number of hydrogen-bond donors (Lipinski definition) is 0. The summed E-state index contributed by atoms with van der Waals surface area (Å²) in [7, 11) is 0. The average molecular weight is 323 g/mol. The molecule has 126 valence electrons. The maximum atomic E-state index is 14.5. The Kier molecular flexibility index (Phi) is 4.12. The van der Waals surface area contributed by atoms with Crippen molar-refractivity contribution in [2.45, 2.75) is 57.8 Å². The molecule has 1 aliphatic heterocycles. The Morgan fingerprint density at radius 3 is 2.74 bits per heavy atom. The Bertz CT molecular complexity index is 624. The minimum atomic E-state index is -1.76. The molecule has 0 saturated heterocycles. The first-order valence-corrected chi connectivity index (χ1v) is 8.19. The van der Waals surface area contributed by atoms with Gasteiger partial charge in [0.2, 0.25) is 0 Å². The number of nitrogens with zero attached hydrogens (tertiary/aromatic N) is 3. The molecular formula is C16H22FN3O3. The van der Waals surface area contributed by atoms with Gasteiger partial charge in [0.1, 0.15) is 5.92 Å². The van der Waals surface area contributed by atoms with Crippen LogP contribution in [0.15, 0.2) is 6.33 Å². The third-order valence-corrected chi connectivity index (χ3v) is 4.76. The molecule has 1 aromatic heterocycles. The van der Waals surface area contributed by atoms with E-state index in [2.05, 4.69) is 4.98 Å². The molecule has 1 saturated carbocycles. The second-order valence-electron chi connectivity index (χ2n) is 6.17. The number of hydrogen-bond acceptors (Lipinski definition) is 4. The lowest BCUT2D eigenvalue weighted by Crippen LogP contribution is -2.53. The van der Waals surface area contributed by atoms with Crippen molar-refractivity contribution in [3.63, 3.8) is 0 Å². The fourth-order valence-electron chi connectivity index (χ4n) is 3.33. The minimum absolute atomic E-state index is 0.155. The summed E-state index contributed by atoms with van der Waals surface area (Å²) in [6.07, 6.45) is 2.93. The van der Waals surface area contributed by atoms with E-state index in [0.29, 0.717) is 12.2 Å². The Morgan fingerprint density at radius 1 is 1.43 bits per heavy atom. The summed E-state index contributed by atoms with van der Waals surface area (Å²) in [5.74, 6) is -1.51. The molecule has 1 atom stereocenters. The van der Waals surface area contributed by atoms with Crippen molar-refractivity contribution < 1.29 is 18.7 Å². The van der Waals surface area contributed by atoms with E-state index in [1.165, 1.54) is 4.90 Å². The van der Waals surface area contributed by atoms with Crippen LogP contribution < -0.4 is 0 Å². The maximum Gasteiger partial charge on any atom is 0.316 e. The molecule has 6 nitrogen and oxygen atoms in total. The molecule has 3 rings (SSSR count). The second-order valence-corrected chi connectivity index (χ2v) is 6.17. The normalized spacial score (nSPS) is 22.2. The molecule has 23 heavy (non-hydrogen) atoms. The van der Waals surface area contributed by atoms with Crippen molar-refractivity contribution >= 4 is 11.9 Å². The number of fused-ring (bicyclic) bond motifs is 1. The summed E-state index contributed by atoms with van der Waals surface area (Å²) in [6, 6.07) is 0. The number of amides is 1. The van der Waals surface area contributed by atoms with Gasteiger partial charge in [0.05, 0.1) is 30.9 Å². The summed E-state index contributed by atoms with van der Waals surface area (Å²) >= 11 is 0. The standard InChI is InChI=1S/C16H22FN3O3/c1-3-19-10-18-12-9-20(15(22)16(17)6-5-7-16)8-11(13(12)19)14(21)23-4-2/h10-11H,3-9H2,1-2H3/t11-/m1/s1. The molecule has 0 radical (unpaired) electrons. The molecule has 1 amide bonds. The molecule has 0 aromatic carbocycles. The fraction of sp³-hybridized carbons (Fsp3) is 0.688. The van der Waals surface area contributed by atoms with Gasteiger partial charge in [-0.15, -0.1) is 0 Å². The smallest absolute Gasteiger partial charge is 0.316 e. The molecule has 0 unspecified atom stereocenters. The number of halogens is 1. The summed E-state index contributed by atoms with van der Waals surface area (Å²) < 4.78 is 21.5. The van der Waals surface area contributed by atoms with Crippen molar-refractivity contribution in [3.8, 4) is 0 Å². The largest absolute Gasteiger partial charge is 0.465 e. The average Bonchev–Trinajstić information content (AvgIpc) is 2.94. The van der Waals surface area contributed by atoms with Crippen LogP contribution in [0.4, 0.5) is 4.39 Å². The van der Waals surface area contributed by atoms with E-state index in [-0.39, 0.29) is 38.5 Å². The number of imidazole rings is 1. The van der Waals surface area contributed by atoms with Gasteiger partial charge in [-0.1, -0.05) is 0 Å². The second kappa shape index (κ2) is 5.94. The number of ether oxygens (including phenoxy) is 1. The number of aromatic nitrogens is 2. The van der Waals surface area contributed by atoms with Gasteiger partial charge in [0, 0.05) is 13.1 Å². The molecule has 2 aliphatic rings. The first-order valence-electron chi connectivity index (χ1n) is 8.19. The van der Waals surface area contributed by atoms with Gasteiger partial charge in [-0.25, -0.2) is 9.37 Å². The van der Waals surface area contributed by atoms with Crippen LogP contribution in [0.1, 0.15) is 50.4 Å². The Hall–Kier alpha value is -1.92. The lowest BCUT2D eigenvalue weighted by Gasteiger charge is -2.39. The molecule has 7 heteroatoms. The predicted molar refractivity (Wildman–Crippen MR) is 80.4 cm³/mol. The van der Waals surface area contributed by atoms with Crippen molar-refractivity contribution in [2.24, 2.45) is 0 Å². The molecule has 1 fully saturated rings. The van der Waals surface area contributed by atoms with E-state index in [0.717, 1.165) is 12.1 Å². The van der Waals surface area contributed by atoms with Crippen molar-refractivity contribution in [3.05, 3.63) is 17.7 Å². The number of esters is 1. The van der Waals surface area contributed by atoms with Crippen LogP contribution in [-0.2, 0) is 27.4 Å². The molecule has 0 bridgehead atoms. The summed E-state index contributed by atoms with van der Waals surface area (Å²) in [5.41, 5.74) is -0.312. The number of alkyl halides is 1. The van der Waals surface area contributed by atoms with Crippen molar-refractivity contribution in [1.82, 2.24) is 14.5 Å². The SMILES string of the molecule is CCOC(=O)[C@@H]1CN(C(=O)C2(F)CCC2)Cc2ncn(CC)c21. The third kappa shape index (κ3) is 2.62. The molecule has 1 aromatic rings. The monoisotopic (exact) mass is 323 g/mol. The Morgan fingerprint density at radius 2 is 2.17 bits per heavy atom. The molecular weight excluding hydrogens is 301 g/mol. The predicted octanol–water partition coefficient (Wildman–Crippen LogP) is 1.78. The van der Waals surface area contributed by atoms with Crippen LogP contribution in [0.25, 0.3) is 0 Å². The minimum Gasteiger partial charge on any atom is -0.465 e. The number of carbonyl (C=O) groups is 2. The van der Waals surface area contributed by atoms with E-state index in [1.54, 1.807) is 13.3 Å². The molecule has 2 heterocycles. The van der Waals surface area contributed by atoms with Gasteiger partial charge >= 0.3 is 5.97 Å². The lowest BCUT2D eigenvalue weighted by molar-refractivity contribution is -0.154. The molecule has 0 spiro atoms. The van der Waals surface area contributed by atoms with Gasteiger partial charge in [0.25, 0.3) is 5.91 Å². The Labute approximate surface area is 134 Å². The van der Waals surface area contributed by atoms with Gasteiger partial charge in [-0.2, -0.15) is 0 Å². The maximum absolute atomic E-state index is 14.5. The van der Waals surface area contributed by atoms with E-state index in [4.69, 9.17) is 4.74 Å². The quantitative estimate of drug-likeness (QED) is 0.792. The number of rotatable bonds is 4. The van der Waals surface area contributed by atoms with E-state index in [9.17, 15) is 14.0 Å². The number of aryl methyl sites for hydroxylation is 1. The van der Waals surface area contributed by atoms with Gasteiger partial charge < -0.3 is 14.2 Å². The molecule has 1 aliphatic carbocycles. The first-order chi connectivity index (χ1) is 11.0. The van der Waals surface area contributed by atoms with Gasteiger partial charge in [0.15, 0.2) is 5.67 Å². The topological polar surface area (TPSA) is 64.4 Å². The highest BCUT2D eigenvalue weighted by Crippen LogP contribution is 2.39. The van der Waals surface area contributed by atoms with Gasteiger partial charge in [-0.3, -0.25) is 9.59 Å². The first kappa shape index (κ1) is 16.0. The van der Waals surface area contributed by atoms with Crippen LogP contribution in [0.3, 0.4) is 0 Å². The summed E-state index contributed by atoms with van der Waals surface area (Å²) in [4.78, 5) is 30.6. The van der Waals surface area contributed by atoms with Crippen molar-refractivity contribution in [1.29, 1.82) is 0 Å². The number of carbonyl (C=O) groups excluding carboxylic acids is 2. The third-order valence-electron chi connectivity index (χ3n) is 4.76. The van der Waals surface area contributed by atoms with Crippen LogP contribution >= 0.6 is 0 Å². The van der Waals surface area contributed by atoms with Crippen LogP contribution in [-0.4, -0.2) is 45.1 Å². The van der Waals surface area contributed by atoms with E-state index >= 15 is 0 Å². The lowest BCUT2D eigenvalue weighted by atomic mass is 9.80. The van der Waals surface area contributed by atoms with Crippen LogP contribution in [0, 0.1) is 0 Å². The highest BCUT2D eigenvalue weighted by Gasteiger charge is 2.49. The van der Waals surface area contributed by atoms with Gasteiger partial charge in [-0.05, 0) is 33.1 Å². The van der Waals surface area contributed by atoms with E-state index in [1.807, 2.05) is 11.5 Å². The zero-order chi connectivity index (χ0) is 16.6. The van der Waals surface area contributed by atoms with E-state index < -0.39 is 17.5 Å². The Balaban J connectivity index is 1.90. The van der Waals surface area contributed by atoms with Crippen LogP contribution in [0.5, 0.6) is 0 Å². The van der Waals surface area contributed by atoms with Crippen molar-refractivity contribution in [2.75, 3.05) is 13.2 Å². The zero-order valence-corrected chi connectivity index (χ0v) is 13.5. The fourth-order valence-corrected chi connectivity index (χ4v) is 3.33. The highest BCUT2D eigenvalue weighted by atomic mass is 19.1. The molecule has 0 N–H and O–H groups in total.